The number of ether oxygens (including phenoxy) is 1. The summed E-state index contributed by atoms with van der Waals surface area (Å²) >= 11 is 0. The first-order valence-electron chi connectivity index (χ1n) is 9.04. The van der Waals surface area contributed by atoms with Crippen LogP contribution in [0.2, 0.25) is 0 Å². The fraction of sp³-hybridized carbons (Fsp3) is 0.0400. The fourth-order valence-corrected chi connectivity index (χ4v) is 2.88. The van der Waals surface area contributed by atoms with Crippen LogP contribution in [0.5, 0.6) is 5.75 Å². The molecule has 3 aromatic carbocycles. The second-order valence-electron chi connectivity index (χ2n) is 6.41. The van der Waals surface area contributed by atoms with Crippen LogP contribution in [0.1, 0.15) is 22.4 Å². The quantitative estimate of drug-likeness (QED) is 0.428. The molecule has 0 saturated carbocycles. The third-order valence-electron chi connectivity index (χ3n) is 4.42. The first-order valence-corrected chi connectivity index (χ1v) is 9.04. The Labute approximate surface area is 163 Å². The largest absolute Gasteiger partial charge is 0.487 e. The van der Waals surface area contributed by atoms with E-state index < -0.39 is 0 Å². The number of nitrogens with zero attached hydrogens (tertiary/aromatic N) is 1. The zero-order valence-electron chi connectivity index (χ0n) is 15.2. The second-order valence-corrected chi connectivity index (χ2v) is 6.41. The van der Waals surface area contributed by atoms with Crippen LogP contribution in [0, 0.1) is 0 Å². The van der Waals surface area contributed by atoms with Crippen molar-refractivity contribution in [1.29, 1.82) is 0 Å². The Morgan fingerprint density at radius 3 is 2.18 bits per heavy atom. The molecule has 4 rings (SSSR count). The van der Waals surface area contributed by atoms with Gasteiger partial charge in [-0.2, -0.15) is 0 Å². The Morgan fingerprint density at radius 2 is 1.46 bits per heavy atom. The SMILES string of the molecule is O=[C]c1ccc(C=Cc2ccc(OCc3ccc4ccccc4n3)cc2)cc1. The van der Waals surface area contributed by atoms with Gasteiger partial charge in [0.1, 0.15) is 12.4 Å². The van der Waals surface area contributed by atoms with Gasteiger partial charge in [0.2, 0.25) is 6.29 Å². The molecule has 0 unspecified atom stereocenters. The summed E-state index contributed by atoms with van der Waals surface area (Å²) in [6.45, 7) is 0.431. The van der Waals surface area contributed by atoms with Gasteiger partial charge in [0.05, 0.1) is 11.2 Å². The zero-order chi connectivity index (χ0) is 19.2. The number of benzene rings is 3. The lowest BCUT2D eigenvalue weighted by atomic mass is 10.1. The van der Waals surface area contributed by atoms with Crippen molar-refractivity contribution >= 4 is 29.3 Å². The predicted octanol–water partition coefficient (Wildman–Crippen LogP) is 5.44. The van der Waals surface area contributed by atoms with E-state index in [0.717, 1.165) is 33.5 Å². The Bertz CT molecular complexity index is 1110. The molecule has 0 spiro atoms. The molecule has 1 radical (unpaired) electrons. The summed E-state index contributed by atoms with van der Waals surface area (Å²) in [5, 5.41) is 1.13. The van der Waals surface area contributed by atoms with Gasteiger partial charge in [-0.25, -0.2) is 4.98 Å². The third kappa shape index (κ3) is 4.33. The van der Waals surface area contributed by atoms with Crippen LogP contribution >= 0.6 is 0 Å². The molecule has 28 heavy (non-hydrogen) atoms. The van der Waals surface area contributed by atoms with Gasteiger partial charge >= 0.3 is 0 Å². The van der Waals surface area contributed by atoms with E-state index in [9.17, 15) is 4.79 Å². The van der Waals surface area contributed by atoms with Gasteiger partial charge in [-0.3, -0.25) is 4.79 Å². The van der Waals surface area contributed by atoms with E-state index in [-0.39, 0.29) is 0 Å². The molecular formula is C25H18NO2. The van der Waals surface area contributed by atoms with Crippen molar-refractivity contribution in [3.8, 4) is 5.75 Å². The molecule has 0 atom stereocenters. The van der Waals surface area contributed by atoms with Gasteiger partial charge in [-0.05, 0) is 35.4 Å². The minimum atomic E-state index is 0.431. The number of hydrogen-bond acceptors (Lipinski definition) is 3. The standard InChI is InChI=1S/C25H18NO2/c27-17-21-9-7-19(8-10-21)5-6-20-11-15-24(16-12-20)28-18-23-14-13-22-3-1-2-4-25(22)26-23/h1-16H,18H2. The van der Waals surface area contributed by atoms with Gasteiger partial charge < -0.3 is 4.74 Å². The smallest absolute Gasteiger partial charge is 0.233 e. The molecule has 0 saturated heterocycles. The summed E-state index contributed by atoms with van der Waals surface area (Å²) in [6, 6.07) is 27.3. The van der Waals surface area contributed by atoms with Crippen LogP contribution in [0.15, 0.2) is 84.9 Å². The van der Waals surface area contributed by atoms with Crippen molar-refractivity contribution in [3.63, 3.8) is 0 Å². The molecule has 135 valence electrons. The molecule has 4 aromatic rings. The van der Waals surface area contributed by atoms with E-state index in [2.05, 4.69) is 11.1 Å². The topological polar surface area (TPSA) is 39.2 Å². The number of hydrogen-bond donors (Lipinski definition) is 0. The number of aromatic nitrogens is 1. The third-order valence-corrected chi connectivity index (χ3v) is 4.42. The summed E-state index contributed by atoms with van der Waals surface area (Å²) in [7, 11) is 0. The Morgan fingerprint density at radius 1 is 0.786 bits per heavy atom. The van der Waals surface area contributed by atoms with E-state index in [4.69, 9.17) is 4.74 Å². The minimum Gasteiger partial charge on any atom is -0.487 e. The maximum atomic E-state index is 10.6. The zero-order valence-corrected chi connectivity index (χ0v) is 15.2. The highest BCUT2D eigenvalue weighted by atomic mass is 16.5. The molecule has 0 N–H and O–H groups in total. The van der Waals surface area contributed by atoms with Gasteiger partial charge in [-0.15, -0.1) is 0 Å². The molecule has 0 fully saturated rings. The average Bonchev–Trinajstić information content (AvgIpc) is 2.77. The van der Waals surface area contributed by atoms with Crippen molar-refractivity contribution < 1.29 is 9.53 Å². The minimum absolute atomic E-state index is 0.431. The monoisotopic (exact) mass is 364 g/mol. The summed E-state index contributed by atoms with van der Waals surface area (Å²) in [4.78, 5) is 15.2. The molecule has 0 bridgehead atoms. The highest BCUT2D eigenvalue weighted by Crippen LogP contribution is 2.17. The van der Waals surface area contributed by atoms with Crippen LogP contribution in [-0.2, 0) is 11.4 Å². The molecular weight excluding hydrogens is 346 g/mol. The first-order chi connectivity index (χ1) is 13.8. The molecule has 3 nitrogen and oxygen atoms in total. The highest BCUT2D eigenvalue weighted by molar-refractivity contribution is 5.78. The number of carbonyl (C=O) groups excluding carboxylic acids is 1. The van der Waals surface area contributed by atoms with Crippen LogP contribution in [-0.4, -0.2) is 11.3 Å². The van der Waals surface area contributed by atoms with Crippen LogP contribution < -0.4 is 4.74 Å². The summed E-state index contributed by atoms with van der Waals surface area (Å²) in [5.41, 5.74) is 4.53. The molecule has 0 amide bonds. The van der Waals surface area contributed by atoms with E-state index in [1.165, 1.54) is 0 Å². The van der Waals surface area contributed by atoms with E-state index in [1.54, 1.807) is 12.1 Å². The van der Waals surface area contributed by atoms with Gasteiger partial charge in [0.25, 0.3) is 0 Å². The Kier molecular flexibility index (Phi) is 5.25. The van der Waals surface area contributed by atoms with Gasteiger partial charge in [0, 0.05) is 10.9 Å². The van der Waals surface area contributed by atoms with Crippen molar-refractivity contribution in [1.82, 2.24) is 4.98 Å². The molecule has 3 heteroatoms. The second kappa shape index (κ2) is 8.31. The number of pyridine rings is 1. The maximum absolute atomic E-state index is 10.6. The Balaban J connectivity index is 1.38. The van der Waals surface area contributed by atoms with E-state index >= 15 is 0 Å². The highest BCUT2D eigenvalue weighted by Gasteiger charge is 2.00. The fourth-order valence-electron chi connectivity index (χ4n) is 2.88. The lowest BCUT2D eigenvalue weighted by Crippen LogP contribution is -1.98. The van der Waals surface area contributed by atoms with Crippen molar-refractivity contribution in [2.75, 3.05) is 0 Å². The van der Waals surface area contributed by atoms with E-state index in [1.807, 2.05) is 85.2 Å². The average molecular weight is 364 g/mol. The first kappa shape index (κ1) is 17.7. The lowest BCUT2D eigenvalue weighted by molar-refractivity contribution is 0.302. The van der Waals surface area contributed by atoms with Crippen molar-refractivity contribution in [2.45, 2.75) is 6.61 Å². The molecule has 0 aliphatic carbocycles. The van der Waals surface area contributed by atoms with Gasteiger partial charge in [0.15, 0.2) is 0 Å². The number of para-hydroxylation sites is 1. The summed E-state index contributed by atoms with van der Waals surface area (Å²) < 4.78 is 5.86. The van der Waals surface area contributed by atoms with Gasteiger partial charge in [-0.1, -0.05) is 72.8 Å². The van der Waals surface area contributed by atoms with Crippen LogP contribution in [0.25, 0.3) is 23.1 Å². The molecule has 0 aliphatic rings. The number of fused-ring (bicyclic) bond motifs is 1. The molecule has 1 aromatic heterocycles. The summed E-state index contributed by atoms with van der Waals surface area (Å²) in [6.07, 6.45) is 5.90. The summed E-state index contributed by atoms with van der Waals surface area (Å²) in [5.74, 6) is 0.804. The Hall–Kier alpha value is -3.72. The maximum Gasteiger partial charge on any atom is 0.233 e. The normalized spacial score (nSPS) is 11.0. The molecule has 0 aliphatic heterocycles. The van der Waals surface area contributed by atoms with Crippen LogP contribution in [0.4, 0.5) is 0 Å². The van der Waals surface area contributed by atoms with E-state index in [0.29, 0.717) is 12.2 Å². The lowest BCUT2D eigenvalue weighted by Gasteiger charge is -2.07. The van der Waals surface area contributed by atoms with Crippen LogP contribution in [0.3, 0.4) is 0 Å². The molecule has 1 heterocycles. The predicted molar refractivity (Wildman–Crippen MR) is 113 cm³/mol. The number of rotatable bonds is 6. The van der Waals surface area contributed by atoms with Crippen molar-refractivity contribution in [3.05, 3.63) is 107 Å². The van der Waals surface area contributed by atoms with Crippen molar-refractivity contribution in [2.24, 2.45) is 0 Å².